The number of hydrogen-bond donors (Lipinski definition) is 2. The van der Waals surface area contributed by atoms with Crippen molar-refractivity contribution in [3.05, 3.63) is 22.7 Å². The van der Waals surface area contributed by atoms with Crippen LogP contribution in [-0.4, -0.2) is 34.6 Å². The minimum Gasteiger partial charge on any atom is -0.388 e. The van der Waals surface area contributed by atoms with Crippen molar-refractivity contribution in [1.82, 2.24) is 29.5 Å². The van der Waals surface area contributed by atoms with Crippen LogP contribution in [0, 0.1) is 4.77 Å². The van der Waals surface area contributed by atoms with Crippen LogP contribution in [0.3, 0.4) is 0 Å². The maximum atomic E-state index is 9.02. The fourth-order valence-corrected chi connectivity index (χ4v) is 1.45. The molecular formula is C7H10N6OS. The summed E-state index contributed by atoms with van der Waals surface area (Å²) in [7, 11) is 1.79. The standard InChI is InChI=1S/C7H10N6OS/c1-12-4-8-5(11-12)2-13-6(3-14)9-10-7(13)15/h4,14H,2-3H2,1H3,(H,10,15). The van der Waals surface area contributed by atoms with Crippen molar-refractivity contribution in [2.45, 2.75) is 13.2 Å². The van der Waals surface area contributed by atoms with Crippen LogP contribution in [0.4, 0.5) is 0 Å². The van der Waals surface area contributed by atoms with E-state index in [0.29, 0.717) is 23.0 Å². The third-order valence-corrected chi connectivity index (χ3v) is 2.24. The molecule has 0 fully saturated rings. The van der Waals surface area contributed by atoms with Gasteiger partial charge >= 0.3 is 0 Å². The normalized spacial score (nSPS) is 10.8. The average Bonchev–Trinajstić information content (AvgIpc) is 2.76. The molecule has 2 heterocycles. The van der Waals surface area contributed by atoms with Crippen LogP contribution in [0.1, 0.15) is 11.6 Å². The fraction of sp³-hybridized carbons (Fsp3) is 0.429. The molecule has 80 valence electrons. The second-order valence-electron chi connectivity index (χ2n) is 3.02. The van der Waals surface area contributed by atoms with E-state index in [2.05, 4.69) is 20.3 Å². The SMILES string of the molecule is Cn1cnc(Cn2c(CO)n[nH]c2=S)n1. The molecule has 0 radical (unpaired) electrons. The zero-order valence-electron chi connectivity index (χ0n) is 8.08. The number of aliphatic hydroxyl groups is 1. The molecule has 0 aliphatic rings. The van der Waals surface area contributed by atoms with Crippen LogP contribution in [0.2, 0.25) is 0 Å². The highest BCUT2D eigenvalue weighted by Gasteiger charge is 2.07. The highest BCUT2D eigenvalue weighted by Crippen LogP contribution is 2.01. The van der Waals surface area contributed by atoms with E-state index in [0.717, 1.165) is 0 Å². The van der Waals surface area contributed by atoms with Gasteiger partial charge in [0.25, 0.3) is 0 Å². The number of aromatic nitrogens is 6. The van der Waals surface area contributed by atoms with E-state index < -0.39 is 0 Å². The quantitative estimate of drug-likeness (QED) is 0.696. The van der Waals surface area contributed by atoms with Crippen molar-refractivity contribution in [2.75, 3.05) is 0 Å². The Morgan fingerprint density at radius 1 is 1.60 bits per heavy atom. The molecule has 0 amide bonds. The van der Waals surface area contributed by atoms with Gasteiger partial charge in [0, 0.05) is 7.05 Å². The molecule has 0 unspecified atom stereocenters. The van der Waals surface area contributed by atoms with Crippen LogP contribution in [0.25, 0.3) is 0 Å². The topological polar surface area (TPSA) is 84.5 Å². The molecule has 2 aromatic rings. The van der Waals surface area contributed by atoms with E-state index in [1.165, 1.54) is 0 Å². The van der Waals surface area contributed by atoms with Gasteiger partial charge in [-0.2, -0.15) is 10.2 Å². The maximum Gasteiger partial charge on any atom is 0.195 e. The smallest absolute Gasteiger partial charge is 0.195 e. The van der Waals surface area contributed by atoms with Crippen molar-refractivity contribution in [1.29, 1.82) is 0 Å². The number of H-pyrrole nitrogens is 1. The van der Waals surface area contributed by atoms with Gasteiger partial charge in [-0.3, -0.25) is 14.3 Å². The third-order valence-electron chi connectivity index (χ3n) is 1.93. The summed E-state index contributed by atoms with van der Waals surface area (Å²) in [6.07, 6.45) is 1.61. The number of aromatic amines is 1. The van der Waals surface area contributed by atoms with Crippen LogP contribution in [0.5, 0.6) is 0 Å². The molecule has 0 aliphatic heterocycles. The van der Waals surface area contributed by atoms with Crippen molar-refractivity contribution < 1.29 is 5.11 Å². The number of nitrogens with zero attached hydrogens (tertiary/aromatic N) is 5. The summed E-state index contributed by atoms with van der Waals surface area (Å²) in [6, 6.07) is 0. The lowest BCUT2D eigenvalue weighted by Gasteiger charge is -2.00. The second kappa shape index (κ2) is 3.91. The number of aliphatic hydroxyl groups excluding tert-OH is 1. The van der Waals surface area contributed by atoms with Gasteiger partial charge in [-0.15, -0.1) is 0 Å². The summed E-state index contributed by atoms with van der Waals surface area (Å²) in [4.78, 5) is 4.07. The van der Waals surface area contributed by atoms with E-state index in [-0.39, 0.29) is 6.61 Å². The Balaban J connectivity index is 2.31. The summed E-state index contributed by atoms with van der Waals surface area (Å²) in [5, 5.41) is 19.6. The van der Waals surface area contributed by atoms with Crippen molar-refractivity contribution >= 4 is 12.2 Å². The third kappa shape index (κ3) is 1.95. The van der Waals surface area contributed by atoms with E-state index in [9.17, 15) is 0 Å². The molecule has 15 heavy (non-hydrogen) atoms. The molecule has 0 saturated carbocycles. The Morgan fingerprint density at radius 2 is 2.40 bits per heavy atom. The number of aryl methyl sites for hydroxylation is 1. The van der Waals surface area contributed by atoms with Gasteiger partial charge < -0.3 is 5.11 Å². The summed E-state index contributed by atoms with van der Waals surface area (Å²) in [5.41, 5.74) is 0. The minimum absolute atomic E-state index is 0.167. The Morgan fingerprint density at radius 3 is 3.00 bits per heavy atom. The Kier molecular flexibility index (Phi) is 2.60. The van der Waals surface area contributed by atoms with Gasteiger partial charge in [0.15, 0.2) is 16.4 Å². The molecule has 2 rings (SSSR count). The van der Waals surface area contributed by atoms with E-state index in [1.54, 1.807) is 22.6 Å². The van der Waals surface area contributed by atoms with Crippen LogP contribution < -0.4 is 0 Å². The minimum atomic E-state index is -0.167. The van der Waals surface area contributed by atoms with Gasteiger partial charge in [0.05, 0.1) is 6.54 Å². The van der Waals surface area contributed by atoms with Crippen molar-refractivity contribution in [2.24, 2.45) is 7.05 Å². The van der Waals surface area contributed by atoms with E-state index in [4.69, 9.17) is 17.3 Å². The predicted molar refractivity (Wildman–Crippen MR) is 53.4 cm³/mol. The number of hydrogen-bond acceptors (Lipinski definition) is 5. The van der Waals surface area contributed by atoms with Gasteiger partial charge in [0.1, 0.15) is 12.9 Å². The Labute approximate surface area is 90.4 Å². The molecule has 8 heteroatoms. The molecular weight excluding hydrogens is 216 g/mol. The van der Waals surface area contributed by atoms with Crippen LogP contribution in [0.15, 0.2) is 6.33 Å². The monoisotopic (exact) mass is 226 g/mol. The molecule has 0 atom stereocenters. The molecule has 2 aromatic heterocycles. The second-order valence-corrected chi connectivity index (χ2v) is 3.41. The van der Waals surface area contributed by atoms with Crippen LogP contribution in [-0.2, 0) is 20.2 Å². The van der Waals surface area contributed by atoms with E-state index in [1.807, 2.05) is 0 Å². The highest BCUT2D eigenvalue weighted by atomic mass is 32.1. The molecule has 0 aliphatic carbocycles. The Hall–Kier alpha value is -1.54. The molecule has 0 spiro atoms. The molecule has 2 N–H and O–H groups in total. The summed E-state index contributed by atoms with van der Waals surface area (Å²) < 4.78 is 3.72. The van der Waals surface area contributed by atoms with Gasteiger partial charge in [-0.25, -0.2) is 4.98 Å². The predicted octanol–water partition coefficient (Wildman–Crippen LogP) is -0.390. The number of rotatable bonds is 3. The summed E-state index contributed by atoms with van der Waals surface area (Å²) >= 11 is 5.02. The lowest BCUT2D eigenvalue weighted by atomic mass is 10.5. The first-order valence-corrected chi connectivity index (χ1v) is 4.71. The molecule has 7 nitrogen and oxygen atoms in total. The first-order valence-electron chi connectivity index (χ1n) is 4.30. The molecule has 0 saturated heterocycles. The Bertz CT molecular complexity index is 512. The summed E-state index contributed by atoms with van der Waals surface area (Å²) in [5.74, 6) is 1.11. The van der Waals surface area contributed by atoms with Crippen LogP contribution >= 0.6 is 12.2 Å². The number of nitrogens with one attached hydrogen (secondary N) is 1. The van der Waals surface area contributed by atoms with Gasteiger partial charge in [-0.1, -0.05) is 0 Å². The van der Waals surface area contributed by atoms with Gasteiger partial charge in [-0.05, 0) is 12.2 Å². The molecule has 0 bridgehead atoms. The lowest BCUT2D eigenvalue weighted by Crippen LogP contribution is -2.07. The lowest BCUT2D eigenvalue weighted by molar-refractivity contribution is 0.265. The maximum absolute atomic E-state index is 9.02. The first kappa shape index (κ1) is 9.99. The summed E-state index contributed by atoms with van der Waals surface area (Å²) in [6.45, 7) is 0.242. The average molecular weight is 226 g/mol. The van der Waals surface area contributed by atoms with Gasteiger partial charge in [0.2, 0.25) is 0 Å². The first-order chi connectivity index (χ1) is 7.20. The largest absolute Gasteiger partial charge is 0.388 e. The van der Waals surface area contributed by atoms with Crippen molar-refractivity contribution in [3.63, 3.8) is 0 Å². The van der Waals surface area contributed by atoms with E-state index >= 15 is 0 Å². The molecule has 0 aromatic carbocycles. The van der Waals surface area contributed by atoms with Crippen molar-refractivity contribution in [3.8, 4) is 0 Å². The fourth-order valence-electron chi connectivity index (χ4n) is 1.23. The zero-order valence-corrected chi connectivity index (χ0v) is 8.90. The zero-order chi connectivity index (χ0) is 10.8. The highest BCUT2D eigenvalue weighted by molar-refractivity contribution is 7.71.